The summed E-state index contributed by atoms with van der Waals surface area (Å²) in [7, 11) is 1.50. The molecule has 2 heterocycles. The Hall–Kier alpha value is -2.97. The van der Waals surface area contributed by atoms with E-state index in [0.717, 1.165) is 28.3 Å². The highest BCUT2D eigenvalue weighted by Crippen LogP contribution is 2.35. The van der Waals surface area contributed by atoms with Crippen molar-refractivity contribution in [2.75, 3.05) is 12.4 Å². The molecule has 2 aromatic carbocycles. The quantitative estimate of drug-likeness (QED) is 0.564. The number of thioether (sulfide) groups is 1. The molecule has 0 spiro atoms. The summed E-state index contributed by atoms with van der Waals surface area (Å²) < 4.78 is 6.85. The van der Waals surface area contributed by atoms with Crippen LogP contribution in [0.2, 0.25) is 5.02 Å². The third-order valence-corrected chi connectivity index (χ3v) is 6.09. The van der Waals surface area contributed by atoms with E-state index < -0.39 is 0 Å². The molecule has 0 bridgehead atoms. The number of amides is 2. The van der Waals surface area contributed by atoms with Gasteiger partial charge in [0, 0.05) is 28.6 Å². The second kappa shape index (κ2) is 9.45. The highest BCUT2D eigenvalue weighted by atomic mass is 35.5. The third-order valence-electron chi connectivity index (χ3n) is 4.88. The number of nitrogens with one attached hydrogen (secondary N) is 2. The molecule has 9 heteroatoms. The second-order valence-corrected chi connectivity index (χ2v) is 8.41. The van der Waals surface area contributed by atoms with Crippen molar-refractivity contribution in [3.8, 4) is 5.75 Å². The van der Waals surface area contributed by atoms with E-state index in [9.17, 15) is 9.59 Å². The molecule has 0 saturated carbocycles. The second-order valence-electron chi connectivity index (χ2n) is 6.99. The normalized spacial score (nSPS) is 12.3. The lowest BCUT2D eigenvalue weighted by Gasteiger charge is -2.13. The van der Waals surface area contributed by atoms with Crippen LogP contribution < -0.4 is 15.4 Å². The number of fused-ring (bicyclic) bond motifs is 1. The minimum atomic E-state index is -0.370. The molecule has 2 amide bonds. The molecule has 1 aliphatic rings. The minimum Gasteiger partial charge on any atom is -0.496 e. The predicted octanol–water partition coefficient (Wildman–Crippen LogP) is 3.86. The molecule has 0 atom stereocenters. The summed E-state index contributed by atoms with van der Waals surface area (Å²) in [6.45, 7) is 0.435. The topological polar surface area (TPSA) is 85.2 Å². The Morgan fingerprint density at radius 2 is 2.00 bits per heavy atom. The van der Waals surface area contributed by atoms with Gasteiger partial charge in [-0.05, 0) is 23.8 Å². The first-order valence-corrected chi connectivity index (χ1v) is 11.2. The van der Waals surface area contributed by atoms with Crippen molar-refractivity contribution in [2.45, 2.75) is 24.6 Å². The van der Waals surface area contributed by atoms with Crippen molar-refractivity contribution in [1.82, 2.24) is 15.1 Å². The monoisotopic (exact) mass is 456 g/mol. The molecule has 160 valence electrons. The van der Waals surface area contributed by atoms with Gasteiger partial charge in [0.05, 0.1) is 18.4 Å². The van der Waals surface area contributed by atoms with Gasteiger partial charge in [0.25, 0.3) is 5.91 Å². The van der Waals surface area contributed by atoms with Gasteiger partial charge in [-0.2, -0.15) is 16.9 Å². The first-order chi connectivity index (χ1) is 15.0. The maximum Gasteiger partial charge on any atom is 0.260 e. The van der Waals surface area contributed by atoms with E-state index in [1.54, 1.807) is 34.6 Å². The van der Waals surface area contributed by atoms with Gasteiger partial charge in [-0.1, -0.05) is 41.9 Å². The molecule has 2 N–H and O–H groups in total. The number of hydrogen-bond donors (Lipinski definition) is 2. The molecular weight excluding hydrogens is 436 g/mol. The van der Waals surface area contributed by atoms with Gasteiger partial charge < -0.3 is 15.4 Å². The number of carbonyl (C=O) groups is 2. The van der Waals surface area contributed by atoms with E-state index in [0.29, 0.717) is 28.7 Å². The van der Waals surface area contributed by atoms with Crippen molar-refractivity contribution < 1.29 is 14.3 Å². The number of nitrogens with zero attached hydrogens (tertiary/aromatic N) is 2. The fraction of sp³-hybridized carbons (Fsp3) is 0.227. The van der Waals surface area contributed by atoms with Gasteiger partial charge in [0.15, 0.2) is 0 Å². The summed E-state index contributed by atoms with van der Waals surface area (Å²) in [4.78, 5) is 25.5. The number of benzene rings is 2. The van der Waals surface area contributed by atoms with Gasteiger partial charge >= 0.3 is 0 Å². The fourth-order valence-corrected chi connectivity index (χ4v) is 4.55. The summed E-state index contributed by atoms with van der Waals surface area (Å²) in [5.74, 6) is 1.86. The molecule has 31 heavy (non-hydrogen) atoms. The van der Waals surface area contributed by atoms with Crippen LogP contribution in [-0.4, -0.2) is 28.7 Å². The Bertz CT molecular complexity index is 1120. The van der Waals surface area contributed by atoms with Crippen LogP contribution in [0.1, 0.15) is 27.2 Å². The number of halogens is 1. The smallest absolute Gasteiger partial charge is 0.260 e. The van der Waals surface area contributed by atoms with E-state index in [1.165, 1.54) is 7.11 Å². The van der Waals surface area contributed by atoms with Crippen molar-refractivity contribution >= 4 is 41.0 Å². The standard InChI is InChI=1S/C22H21ClN4O3S/c1-30-19-8-7-15(23)9-16(19)22(29)25-21-17-12-31-13-18(17)26-27(21)11-20(28)24-10-14-5-3-2-4-6-14/h2-9H,10-13H2,1H3,(H,24,28)(H,25,29). The van der Waals surface area contributed by atoms with Crippen LogP contribution in [0.3, 0.4) is 0 Å². The van der Waals surface area contributed by atoms with Gasteiger partial charge in [-0.3, -0.25) is 9.59 Å². The molecule has 1 aromatic heterocycles. The molecule has 0 radical (unpaired) electrons. The van der Waals surface area contributed by atoms with Crippen LogP contribution in [0.25, 0.3) is 0 Å². The molecule has 0 fully saturated rings. The zero-order valence-corrected chi connectivity index (χ0v) is 18.4. The average molecular weight is 457 g/mol. The maximum absolute atomic E-state index is 13.0. The minimum absolute atomic E-state index is 0.00674. The molecular formula is C22H21ClN4O3S. The lowest BCUT2D eigenvalue weighted by Crippen LogP contribution is -2.29. The van der Waals surface area contributed by atoms with Crippen LogP contribution in [0.4, 0.5) is 5.82 Å². The molecule has 1 aliphatic heterocycles. The highest BCUT2D eigenvalue weighted by Gasteiger charge is 2.26. The van der Waals surface area contributed by atoms with E-state index in [4.69, 9.17) is 16.3 Å². The van der Waals surface area contributed by atoms with Crippen LogP contribution in [0.5, 0.6) is 5.75 Å². The molecule has 0 unspecified atom stereocenters. The number of methoxy groups -OCH3 is 1. The van der Waals surface area contributed by atoms with Crippen LogP contribution in [0.15, 0.2) is 48.5 Å². The summed E-state index contributed by atoms with van der Waals surface area (Å²) in [5.41, 5.74) is 3.15. The summed E-state index contributed by atoms with van der Waals surface area (Å²) in [6, 6.07) is 14.5. The van der Waals surface area contributed by atoms with Gasteiger partial charge in [-0.25, -0.2) is 4.68 Å². The molecule has 3 aromatic rings. The summed E-state index contributed by atoms with van der Waals surface area (Å²) in [5, 5.41) is 10.8. The van der Waals surface area contributed by atoms with E-state index in [2.05, 4.69) is 15.7 Å². The summed E-state index contributed by atoms with van der Waals surface area (Å²) >= 11 is 7.79. The van der Waals surface area contributed by atoms with Gasteiger partial charge in [0.1, 0.15) is 18.1 Å². The molecule has 0 aliphatic carbocycles. The number of ether oxygens (including phenoxy) is 1. The Morgan fingerprint density at radius 3 is 2.77 bits per heavy atom. The number of carbonyl (C=O) groups excluding carboxylic acids is 2. The van der Waals surface area contributed by atoms with Crippen LogP contribution >= 0.6 is 23.4 Å². The molecule has 7 nitrogen and oxygen atoms in total. The van der Waals surface area contributed by atoms with Crippen LogP contribution in [0, 0.1) is 0 Å². The Labute approximate surface area is 189 Å². The van der Waals surface area contributed by atoms with E-state index >= 15 is 0 Å². The number of rotatable bonds is 7. The Morgan fingerprint density at radius 1 is 1.19 bits per heavy atom. The zero-order valence-electron chi connectivity index (χ0n) is 16.9. The third kappa shape index (κ3) is 4.86. The van der Waals surface area contributed by atoms with Crippen LogP contribution in [-0.2, 0) is 29.4 Å². The zero-order chi connectivity index (χ0) is 21.8. The first-order valence-electron chi connectivity index (χ1n) is 9.67. The molecule has 0 saturated heterocycles. The van der Waals surface area contributed by atoms with E-state index in [1.807, 2.05) is 30.3 Å². The van der Waals surface area contributed by atoms with Crippen molar-refractivity contribution in [2.24, 2.45) is 0 Å². The maximum atomic E-state index is 13.0. The average Bonchev–Trinajstić information content (AvgIpc) is 3.35. The Kier molecular flexibility index (Phi) is 6.48. The number of aromatic nitrogens is 2. The number of hydrogen-bond acceptors (Lipinski definition) is 5. The highest BCUT2D eigenvalue weighted by molar-refractivity contribution is 7.98. The number of anilines is 1. The summed E-state index contributed by atoms with van der Waals surface area (Å²) in [6.07, 6.45) is 0. The lowest BCUT2D eigenvalue weighted by atomic mass is 10.2. The lowest BCUT2D eigenvalue weighted by molar-refractivity contribution is -0.122. The van der Waals surface area contributed by atoms with Crippen molar-refractivity contribution in [3.63, 3.8) is 0 Å². The van der Waals surface area contributed by atoms with Crippen molar-refractivity contribution in [1.29, 1.82) is 0 Å². The predicted molar refractivity (Wildman–Crippen MR) is 121 cm³/mol. The van der Waals surface area contributed by atoms with Gasteiger partial charge in [0.2, 0.25) is 5.91 Å². The Balaban J connectivity index is 1.52. The van der Waals surface area contributed by atoms with E-state index in [-0.39, 0.29) is 18.4 Å². The largest absolute Gasteiger partial charge is 0.496 e. The SMILES string of the molecule is COc1ccc(Cl)cc1C(=O)Nc1c2c(nn1CC(=O)NCc1ccccc1)CSC2. The first kappa shape index (κ1) is 21.3. The molecule has 4 rings (SSSR count). The van der Waals surface area contributed by atoms with Crippen molar-refractivity contribution in [3.05, 3.63) is 75.9 Å². The fourth-order valence-electron chi connectivity index (χ4n) is 3.34. The van der Waals surface area contributed by atoms with Gasteiger partial charge in [-0.15, -0.1) is 0 Å².